The van der Waals surface area contributed by atoms with Gasteiger partial charge in [0.2, 0.25) is 0 Å². The smallest absolute Gasteiger partial charge is 0.344 e. The zero-order valence-corrected chi connectivity index (χ0v) is 19.0. The quantitative estimate of drug-likeness (QED) is 0.160. The van der Waals surface area contributed by atoms with Gasteiger partial charge in [-0.25, -0.2) is 10.2 Å². The Morgan fingerprint density at radius 1 is 0.879 bits per heavy atom. The van der Waals surface area contributed by atoms with Crippen molar-refractivity contribution in [2.75, 3.05) is 6.61 Å². The molecule has 0 saturated carbocycles. The van der Waals surface area contributed by atoms with Gasteiger partial charge in [-0.3, -0.25) is 4.79 Å². The van der Waals surface area contributed by atoms with Gasteiger partial charge in [-0.05, 0) is 69.3 Å². The number of esters is 1. The van der Waals surface area contributed by atoms with Crippen LogP contribution in [0.15, 0.2) is 101 Å². The van der Waals surface area contributed by atoms with E-state index in [-0.39, 0.29) is 12.5 Å². The fraction of sp³-hybridized carbons (Fsp3) is 0.0385. The molecule has 0 radical (unpaired) electrons. The number of halogens is 1. The van der Waals surface area contributed by atoms with Crippen molar-refractivity contribution in [3.63, 3.8) is 0 Å². The van der Waals surface area contributed by atoms with E-state index in [9.17, 15) is 9.59 Å². The SMILES string of the molecule is O=C(COc1cccc2ccccc12)NN=Cc1ccc(OC(=O)c2ccccc2Br)cc1. The Kier molecular flexibility index (Phi) is 7.12. The maximum atomic E-state index is 12.3. The molecule has 0 aromatic heterocycles. The summed E-state index contributed by atoms with van der Waals surface area (Å²) in [5.41, 5.74) is 3.61. The zero-order chi connectivity index (χ0) is 23.0. The highest BCUT2D eigenvalue weighted by atomic mass is 79.9. The lowest BCUT2D eigenvalue weighted by Gasteiger charge is -2.08. The van der Waals surface area contributed by atoms with E-state index in [1.807, 2.05) is 48.5 Å². The number of ether oxygens (including phenoxy) is 2. The lowest BCUT2D eigenvalue weighted by Crippen LogP contribution is -2.24. The number of carbonyl (C=O) groups excluding carboxylic acids is 2. The van der Waals surface area contributed by atoms with E-state index in [1.165, 1.54) is 6.21 Å². The van der Waals surface area contributed by atoms with Gasteiger partial charge < -0.3 is 9.47 Å². The topological polar surface area (TPSA) is 77.0 Å². The van der Waals surface area contributed by atoms with Gasteiger partial charge in [0.05, 0.1) is 11.8 Å². The van der Waals surface area contributed by atoms with Crippen LogP contribution in [0.2, 0.25) is 0 Å². The monoisotopic (exact) mass is 502 g/mol. The molecule has 1 amide bonds. The highest BCUT2D eigenvalue weighted by Crippen LogP contribution is 2.25. The number of nitrogens with one attached hydrogen (secondary N) is 1. The molecule has 33 heavy (non-hydrogen) atoms. The predicted molar refractivity (Wildman–Crippen MR) is 131 cm³/mol. The summed E-state index contributed by atoms with van der Waals surface area (Å²) in [4.78, 5) is 24.3. The van der Waals surface area contributed by atoms with E-state index in [1.54, 1.807) is 42.5 Å². The minimum absolute atomic E-state index is 0.157. The number of amides is 1. The Morgan fingerprint density at radius 3 is 2.42 bits per heavy atom. The van der Waals surface area contributed by atoms with Crippen LogP contribution < -0.4 is 14.9 Å². The number of fused-ring (bicyclic) bond motifs is 1. The van der Waals surface area contributed by atoms with Crippen molar-refractivity contribution in [1.29, 1.82) is 0 Å². The standard InChI is InChI=1S/C26H19BrN2O4/c27-23-10-4-3-9-22(23)26(31)33-20-14-12-18(13-15-20)16-28-29-25(30)17-32-24-11-5-7-19-6-1-2-8-21(19)24/h1-16H,17H2,(H,29,30). The van der Waals surface area contributed by atoms with Crippen LogP contribution in [0, 0.1) is 0 Å². The highest BCUT2D eigenvalue weighted by molar-refractivity contribution is 9.10. The molecule has 0 aliphatic carbocycles. The van der Waals surface area contributed by atoms with Crippen LogP contribution in [-0.2, 0) is 4.79 Å². The van der Waals surface area contributed by atoms with Crippen molar-refractivity contribution in [3.8, 4) is 11.5 Å². The molecule has 4 aromatic rings. The number of nitrogens with zero attached hydrogens (tertiary/aromatic N) is 1. The van der Waals surface area contributed by atoms with Crippen LogP contribution in [0.4, 0.5) is 0 Å². The van der Waals surface area contributed by atoms with Crippen molar-refractivity contribution >= 4 is 44.8 Å². The average Bonchev–Trinajstić information content (AvgIpc) is 2.84. The van der Waals surface area contributed by atoms with Crippen LogP contribution in [-0.4, -0.2) is 24.7 Å². The Morgan fingerprint density at radius 2 is 1.61 bits per heavy atom. The largest absolute Gasteiger partial charge is 0.483 e. The minimum atomic E-state index is -0.456. The van der Waals surface area contributed by atoms with Crippen molar-refractivity contribution in [1.82, 2.24) is 5.43 Å². The molecule has 0 heterocycles. The molecular weight excluding hydrogens is 484 g/mol. The second kappa shape index (κ2) is 10.6. The van der Waals surface area contributed by atoms with Crippen LogP contribution in [0.25, 0.3) is 10.8 Å². The van der Waals surface area contributed by atoms with Crippen LogP contribution in [0.5, 0.6) is 11.5 Å². The molecule has 164 valence electrons. The Labute approximate surface area is 199 Å². The molecule has 0 bridgehead atoms. The van der Waals surface area contributed by atoms with Gasteiger partial charge in [0.25, 0.3) is 5.91 Å². The molecule has 1 N–H and O–H groups in total. The Hall–Kier alpha value is -3.97. The molecule has 0 unspecified atom stereocenters. The van der Waals surface area contributed by atoms with Gasteiger partial charge in [-0.2, -0.15) is 5.10 Å². The fourth-order valence-corrected chi connectivity index (χ4v) is 3.53. The number of hydrogen-bond acceptors (Lipinski definition) is 5. The van der Waals surface area contributed by atoms with E-state index in [2.05, 4.69) is 26.5 Å². The lowest BCUT2D eigenvalue weighted by atomic mass is 10.1. The van der Waals surface area contributed by atoms with E-state index in [4.69, 9.17) is 9.47 Å². The predicted octanol–water partition coefficient (Wildman–Crippen LogP) is 5.35. The molecule has 0 atom stereocenters. The number of benzene rings is 4. The minimum Gasteiger partial charge on any atom is -0.483 e. The van der Waals surface area contributed by atoms with E-state index in [0.29, 0.717) is 21.5 Å². The van der Waals surface area contributed by atoms with E-state index >= 15 is 0 Å². The number of rotatable bonds is 7. The summed E-state index contributed by atoms with van der Waals surface area (Å²) in [6.45, 7) is -0.157. The molecule has 0 aliphatic heterocycles. The summed E-state index contributed by atoms with van der Waals surface area (Å²) in [5.74, 6) is 0.209. The molecular formula is C26H19BrN2O4. The number of carbonyl (C=O) groups is 2. The lowest BCUT2D eigenvalue weighted by molar-refractivity contribution is -0.123. The van der Waals surface area contributed by atoms with Gasteiger partial charge in [0, 0.05) is 9.86 Å². The fourth-order valence-electron chi connectivity index (χ4n) is 3.09. The van der Waals surface area contributed by atoms with Crippen molar-refractivity contribution < 1.29 is 19.1 Å². The summed E-state index contributed by atoms with van der Waals surface area (Å²) in [6.07, 6.45) is 1.50. The molecule has 0 fully saturated rings. The molecule has 4 aromatic carbocycles. The van der Waals surface area contributed by atoms with Crippen molar-refractivity contribution in [2.45, 2.75) is 0 Å². The maximum Gasteiger partial charge on any atom is 0.344 e. The Balaban J connectivity index is 1.28. The molecule has 0 aliphatic rings. The van der Waals surface area contributed by atoms with E-state index < -0.39 is 5.97 Å². The van der Waals surface area contributed by atoms with Crippen molar-refractivity contribution in [3.05, 3.63) is 107 Å². The summed E-state index contributed by atoms with van der Waals surface area (Å²) < 4.78 is 11.7. The van der Waals surface area contributed by atoms with Gasteiger partial charge >= 0.3 is 5.97 Å². The van der Waals surface area contributed by atoms with Crippen LogP contribution in [0.1, 0.15) is 15.9 Å². The summed E-state index contributed by atoms with van der Waals surface area (Å²) in [6, 6.07) is 27.3. The van der Waals surface area contributed by atoms with E-state index in [0.717, 1.165) is 16.3 Å². The highest BCUT2D eigenvalue weighted by Gasteiger charge is 2.11. The molecule has 0 spiro atoms. The third-order valence-corrected chi connectivity index (χ3v) is 5.39. The third-order valence-electron chi connectivity index (χ3n) is 4.70. The molecule has 4 rings (SSSR count). The van der Waals surface area contributed by atoms with Crippen LogP contribution >= 0.6 is 15.9 Å². The number of hydrogen-bond donors (Lipinski definition) is 1. The second-order valence-corrected chi connectivity index (χ2v) is 7.85. The summed E-state index contributed by atoms with van der Waals surface area (Å²) >= 11 is 3.34. The summed E-state index contributed by atoms with van der Waals surface area (Å²) in [7, 11) is 0. The second-order valence-electron chi connectivity index (χ2n) is 7.00. The van der Waals surface area contributed by atoms with Gasteiger partial charge in [-0.1, -0.05) is 48.5 Å². The number of hydrazone groups is 1. The van der Waals surface area contributed by atoms with Crippen LogP contribution in [0.3, 0.4) is 0 Å². The van der Waals surface area contributed by atoms with Crippen molar-refractivity contribution in [2.24, 2.45) is 5.10 Å². The first kappa shape index (κ1) is 22.2. The third kappa shape index (κ3) is 5.84. The molecule has 0 saturated heterocycles. The molecule has 6 nitrogen and oxygen atoms in total. The first-order valence-electron chi connectivity index (χ1n) is 10.1. The molecule has 7 heteroatoms. The first-order valence-corrected chi connectivity index (χ1v) is 10.9. The maximum absolute atomic E-state index is 12.3. The first-order chi connectivity index (χ1) is 16.1. The zero-order valence-electron chi connectivity index (χ0n) is 17.4. The van der Waals surface area contributed by atoms with Gasteiger partial charge in [0.1, 0.15) is 11.5 Å². The van der Waals surface area contributed by atoms with Gasteiger partial charge in [-0.15, -0.1) is 0 Å². The Bertz CT molecular complexity index is 1310. The normalized spacial score (nSPS) is 10.8. The van der Waals surface area contributed by atoms with Gasteiger partial charge in [0.15, 0.2) is 6.61 Å². The average molecular weight is 503 g/mol. The summed E-state index contributed by atoms with van der Waals surface area (Å²) in [5, 5.41) is 5.93.